The molecule has 2 aromatic rings. The second-order valence-corrected chi connectivity index (χ2v) is 7.05. The predicted octanol–water partition coefficient (Wildman–Crippen LogP) is 2.91. The van der Waals surface area contributed by atoms with Crippen LogP contribution in [-0.4, -0.2) is 46.9 Å². The minimum atomic E-state index is 0.0933. The topological polar surface area (TPSA) is 47.4 Å². The SMILES string of the molecule is Cc1c(C(=O)N2CCOCC2)c(CC(C)C)nn1Cc1ccccc1. The molecule has 0 radical (unpaired) electrons. The Kier molecular flexibility index (Phi) is 5.53. The van der Waals surface area contributed by atoms with Gasteiger partial charge in [0.25, 0.3) is 5.91 Å². The van der Waals surface area contributed by atoms with Crippen molar-refractivity contribution in [3.63, 3.8) is 0 Å². The summed E-state index contributed by atoms with van der Waals surface area (Å²) in [7, 11) is 0. The Hall–Kier alpha value is -2.14. The summed E-state index contributed by atoms with van der Waals surface area (Å²) in [4.78, 5) is 15.0. The number of aromatic nitrogens is 2. The fourth-order valence-corrected chi connectivity index (χ4v) is 3.25. The van der Waals surface area contributed by atoms with Crippen molar-refractivity contribution in [1.82, 2.24) is 14.7 Å². The highest BCUT2D eigenvalue weighted by atomic mass is 16.5. The molecular weight excluding hydrogens is 314 g/mol. The summed E-state index contributed by atoms with van der Waals surface area (Å²) in [5, 5.41) is 4.80. The molecule has 0 saturated carbocycles. The number of carbonyl (C=O) groups excluding carboxylic acids is 1. The van der Waals surface area contributed by atoms with Gasteiger partial charge in [-0.05, 0) is 24.8 Å². The first-order valence-corrected chi connectivity index (χ1v) is 9.03. The van der Waals surface area contributed by atoms with E-state index >= 15 is 0 Å². The third-order valence-corrected chi connectivity index (χ3v) is 4.57. The molecule has 2 heterocycles. The van der Waals surface area contributed by atoms with E-state index in [9.17, 15) is 4.79 Å². The highest BCUT2D eigenvalue weighted by Crippen LogP contribution is 2.21. The monoisotopic (exact) mass is 341 g/mol. The lowest BCUT2D eigenvalue weighted by molar-refractivity contribution is 0.0301. The van der Waals surface area contributed by atoms with E-state index < -0.39 is 0 Å². The Bertz CT molecular complexity index is 716. The quantitative estimate of drug-likeness (QED) is 0.840. The molecule has 1 saturated heterocycles. The molecule has 5 nitrogen and oxygen atoms in total. The van der Waals surface area contributed by atoms with Crippen molar-refractivity contribution in [2.24, 2.45) is 5.92 Å². The molecule has 0 spiro atoms. The van der Waals surface area contributed by atoms with E-state index in [2.05, 4.69) is 26.0 Å². The molecular formula is C20H27N3O2. The van der Waals surface area contributed by atoms with Gasteiger partial charge in [-0.25, -0.2) is 0 Å². The van der Waals surface area contributed by atoms with E-state index in [1.54, 1.807) is 0 Å². The highest BCUT2D eigenvalue weighted by Gasteiger charge is 2.27. The molecule has 1 aliphatic rings. The number of amides is 1. The third kappa shape index (κ3) is 4.10. The molecule has 0 N–H and O–H groups in total. The van der Waals surface area contributed by atoms with Crippen LogP contribution in [0.4, 0.5) is 0 Å². The molecule has 25 heavy (non-hydrogen) atoms. The number of benzene rings is 1. The Labute approximate surface area is 149 Å². The maximum absolute atomic E-state index is 13.1. The average molecular weight is 341 g/mol. The lowest BCUT2D eigenvalue weighted by atomic mass is 10.0. The normalized spacial score (nSPS) is 15.0. The van der Waals surface area contributed by atoms with Gasteiger partial charge < -0.3 is 9.64 Å². The van der Waals surface area contributed by atoms with Crippen LogP contribution < -0.4 is 0 Å². The van der Waals surface area contributed by atoms with Crippen molar-refractivity contribution in [3.8, 4) is 0 Å². The molecule has 1 amide bonds. The lowest BCUT2D eigenvalue weighted by Gasteiger charge is -2.27. The number of rotatable bonds is 5. The molecule has 134 valence electrons. The molecule has 0 atom stereocenters. The third-order valence-electron chi connectivity index (χ3n) is 4.57. The summed E-state index contributed by atoms with van der Waals surface area (Å²) in [6.45, 7) is 9.56. The largest absolute Gasteiger partial charge is 0.378 e. The fraction of sp³-hybridized carbons (Fsp3) is 0.500. The van der Waals surface area contributed by atoms with Gasteiger partial charge in [-0.3, -0.25) is 9.48 Å². The lowest BCUT2D eigenvalue weighted by Crippen LogP contribution is -2.41. The van der Waals surface area contributed by atoms with Gasteiger partial charge in [0.15, 0.2) is 0 Å². The first-order valence-electron chi connectivity index (χ1n) is 9.03. The Morgan fingerprint density at radius 1 is 1.20 bits per heavy atom. The van der Waals surface area contributed by atoms with Crippen LogP contribution in [0.15, 0.2) is 30.3 Å². The van der Waals surface area contributed by atoms with Gasteiger partial charge in [0, 0.05) is 18.8 Å². The highest BCUT2D eigenvalue weighted by molar-refractivity contribution is 5.96. The first-order chi connectivity index (χ1) is 12.1. The van der Waals surface area contributed by atoms with Crippen LogP contribution in [0, 0.1) is 12.8 Å². The molecule has 1 aromatic heterocycles. The van der Waals surface area contributed by atoms with Gasteiger partial charge in [-0.1, -0.05) is 44.2 Å². The van der Waals surface area contributed by atoms with Crippen LogP contribution in [0.5, 0.6) is 0 Å². The summed E-state index contributed by atoms with van der Waals surface area (Å²) in [6.07, 6.45) is 0.814. The van der Waals surface area contributed by atoms with Gasteiger partial charge in [0.1, 0.15) is 0 Å². The van der Waals surface area contributed by atoms with Crippen LogP contribution in [0.1, 0.15) is 41.2 Å². The fourth-order valence-electron chi connectivity index (χ4n) is 3.25. The summed E-state index contributed by atoms with van der Waals surface area (Å²) in [5.41, 5.74) is 3.84. The Morgan fingerprint density at radius 3 is 2.52 bits per heavy atom. The van der Waals surface area contributed by atoms with Crippen molar-refractivity contribution in [1.29, 1.82) is 0 Å². The zero-order chi connectivity index (χ0) is 17.8. The minimum Gasteiger partial charge on any atom is -0.378 e. The van der Waals surface area contributed by atoms with E-state index in [-0.39, 0.29) is 5.91 Å². The van der Waals surface area contributed by atoms with E-state index in [0.29, 0.717) is 38.8 Å². The van der Waals surface area contributed by atoms with Gasteiger partial charge >= 0.3 is 0 Å². The van der Waals surface area contributed by atoms with Crippen LogP contribution in [-0.2, 0) is 17.7 Å². The molecule has 1 aliphatic heterocycles. The summed E-state index contributed by atoms with van der Waals surface area (Å²) >= 11 is 0. The summed E-state index contributed by atoms with van der Waals surface area (Å²) in [5.74, 6) is 0.548. The number of hydrogen-bond acceptors (Lipinski definition) is 3. The van der Waals surface area contributed by atoms with Crippen molar-refractivity contribution in [3.05, 3.63) is 52.8 Å². The van der Waals surface area contributed by atoms with E-state index in [1.807, 2.05) is 34.7 Å². The van der Waals surface area contributed by atoms with Gasteiger partial charge in [-0.15, -0.1) is 0 Å². The average Bonchev–Trinajstić information content (AvgIpc) is 2.90. The van der Waals surface area contributed by atoms with Crippen LogP contribution in [0.2, 0.25) is 0 Å². The molecule has 0 unspecified atom stereocenters. The van der Waals surface area contributed by atoms with Crippen molar-refractivity contribution in [2.45, 2.75) is 33.7 Å². The van der Waals surface area contributed by atoms with E-state index in [0.717, 1.165) is 23.4 Å². The molecule has 5 heteroatoms. The zero-order valence-electron chi connectivity index (χ0n) is 15.4. The van der Waals surface area contributed by atoms with Crippen molar-refractivity contribution < 1.29 is 9.53 Å². The van der Waals surface area contributed by atoms with E-state index in [1.165, 1.54) is 5.56 Å². The summed E-state index contributed by atoms with van der Waals surface area (Å²) in [6, 6.07) is 10.3. The van der Waals surface area contributed by atoms with Crippen LogP contribution >= 0.6 is 0 Å². The molecule has 1 fully saturated rings. The molecule has 1 aromatic carbocycles. The van der Waals surface area contributed by atoms with Crippen LogP contribution in [0.3, 0.4) is 0 Å². The smallest absolute Gasteiger partial charge is 0.257 e. The first kappa shape index (κ1) is 17.7. The maximum Gasteiger partial charge on any atom is 0.257 e. The second-order valence-electron chi connectivity index (χ2n) is 7.05. The van der Waals surface area contributed by atoms with Gasteiger partial charge in [0.05, 0.1) is 31.0 Å². The number of ether oxygens (including phenoxy) is 1. The number of morpholine rings is 1. The minimum absolute atomic E-state index is 0.0933. The molecule has 0 bridgehead atoms. The molecule has 0 aliphatic carbocycles. The Balaban J connectivity index is 1.92. The second kappa shape index (κ2) is 7.83. The van der Waals surface area contributed by atoms with Crippen molar-refractivity contribution >= 4 is 5.91 Å². The van der Waals surface area contributed by atoms with Crippen molar-refractivity contribution in [2.75, 3.05) is 26.3 Å². The molecule has 3 rings (SSSR count). The van der Waals surface area contributed by atoms with Gasteiger partial charge in [-0.2, -0.15) is 5.10 Å². The van der Waals surface area contributed by atoms with Crippen LogP contribution in [0.25, 0.3) is 0 Å². The maximum atomic E-state index is 13.1. The summed E-state index contributed by atoms with van der Waals surface area (Å²) < 4.78 is 7.35. The zero-order valence-corrected chi connectivity index (χ0v) is 15.4. The van der Waals surface area contributed by atoms with E-state index in [4.69, 9.17) is 9.84 Å². The standard InChI is InChI=1S/C20H27N3O2/c1-15(2)13-18-19(20(24)22-9-11-25-12-10-22)16(3)23(21-18)14-17-7-5-4-6-8-17/h4-8,15H,9-14H2,1-3H3. The number of nitrogens with zero attached hydrogens (tertiary/aromatic N) is 3. The Morgan fingerprint density at radius 2 is 1.88 bits per heavy atom. The number of carbonyl (C=O) groups is 1. The van der Waals surface area contributed by atoms with Gasteiger partial charge in [0.2, 0.25) is 0 Å². The number of hydrogen-bond donors (Lipinski definition) is 0. The predicted molar refractivity (Wildman–Crippen MR) is 97.8 cm³/mol.